The number of anilines is 2. The summed E-state index contributed by atoms with van der Waals surface area (Å²) in [6, 6.07) is 1.81. The highest BCUT2D eigenvalue weighted by Crippen LogP contribution is 2.46. The van der Waals surface area contributed by atoms with Crippen LogP contribution in [0, 0.1) is 11.6 Å². The molecule has 0 spiro atoms. The number of aromatic carboxylic acids is 2. The number of carboxylic acid groups (broad SMARTS) is 2. The molecule has 4 atom stereocenters. The molecule has 2 aromatic heterocycles. The van der Waals surface area contributed by atoms with E-state index in [1.54, 1.807) is 33.0 Å². The number of pyridine rings is 2. The molecule has 17 nitrogen and oxygen atoms in total. The highest BCUT2D eigenvalue weighted by molar-refractivity contribution is 5.98. The van der Waals surface area contributed by atoms with Crippen molar-refractivity contribution in [1.82, 2.24) is 19.8 Å². The third-order valence-electron chi connectivity index (χ3n) is 11.1. The van der Waals surface area contributed by atoms with Gasteiger partial charge in [0.25, 0.3) is 0 Å². The number of fused-ring (bicyclic) bond motifs is 2. The van der Waals surface area contributed by atoms with Crippen LogP contribution in [0.1, 0.15) is 58.5 Å². The zero-order valence-electron chi connectivity index (χ0n) is 31.7. The van der Waals surface area contributed by atoms with Gasteiger partial charge in [-0.25, -0.2) is 18.4 Å². The Morgan fingerprint density at radius 3 is 1.30 bits per heavy atom. The van der Waals surface area contributed by atoms with Crippen molar-refractivity contribution in [3.8, 4) is 11.5 Å². The van der Waals surface area contributed by atoms with E-state index in [0.717, 1.165) is 37.8 Å². The van der Waals surface area contributed by atoms with Crippen LogP contribution in [-0.2, 0) is 0 Å². The second-order valence-electron chi connectivity index (χ2n) is 14.6. The quantitative estimate of drug-likeness (QED) is 0.132. The molecule has 4 unspecified atom stereocenters. The molecule has 4 heterocycles. The summed E-state index contributed by atoms with van der Waals surface area (Å²) in [5.74, 6) is -3.70. The maximum absolute atomic E-state index is 15.1. The number of aliphatic hydroxyl groups is 2. The van der Waals surface area contributed by atoms with Gasteiger partial charge < -0.3 is 64.9 Å². The van der Waals surface area contributed by atoms with Crippen LogP contribution in [0.3, 0.4) is 0 Å². The molecule has 19 heteroatoms. The molecule has 4 aliphatic rings. The van der Waals surface area contributed by atoms with E-state index in [-0.39, 0.29) is 87.5 Å². The SMILES string of the molecule is CNC1CN(c2c(F)cc3c(=O)c(C(=O)O)cn(C4CC4)c3c2OC)CC1O.CNC1CN(c2c(F)cc3c(=O)c(C(=O)O)cn(C4CC4)c3c2OC)CC1O.O. The van der Waals surface area contributed by atoms with E-state index >= 15 is 8.78 Å². The standard InChI is InChI=1S/2C19H22FN3O5.H2O/c2*1-21-13-7-22(8-14(13)24)16-12(20)5-10-15(18(16)28-2)23(9-3-4-9)6-11(17(10)25)19(26)27;/h2*5-6,9,13-14,21,24H,3-4,7-8H2,1-2H3,(H,26,27);1H2. The minimum atomic E-state index is -1.34. The summed E-state index contributed by atoms with van der Waals surface area (Å²) >= 11 is 0. The summed E-state index contributed by atoms with van der Waals surface area (Å²) in [4.78, 5) is 51.8. The molecule has 2 saturated carbocycles. The topological polar surface area (TPSA) is 240 Å². The number of ether oxygens (including phenoxy) is 2. The summed E-state index contributed by atoms with van der Waals surface area (Å²) in [5.41, 5.74) is -1.14. The highest BCUT2D eigenvalue weighted by Gasteiger charge is 2.38. The molecule has 308 valence electrons. The number of aromatic nitrogens is 2. The van der Waals surface area contributed by atoms with Crippen molar-refractivity contribution in [1.29, 1.82) is 0 Å². The molecule has 0 bridgehead atoms. The number of hydrogen-bond donors (Lipinski definition) is 6. The highest BCUT2D eigenvalue weighted by atomic mass is 19.1. The van der Waals surface area contributed by atoms with Gasteiger partial charge in [0, 0.05) is 50.7 Å². The lowest BCUT2D eigenvalue weighted by Gasteiger charge is -2.24. The normalized spacial score (nSPS) is 21.7. The van der Waals surface area contributed by atoms with Crippen molar-refractivity contribution in [2.75, 3.05) is 64.3 Å². The molecule has 8 N–H and O–H groups in total. The first-order chi connectivity index (χ1) is 26.7. The van der Waals surface area contributed by atoms with Crippen LogP contribution in [0.2, 0.25) is 0 Å². The number of likely N-dealkylation sites (N-methyl/N-ethyl adjacent to an activating group) is 2. The Kier molecular flexibility index (Phi) is 11.5. The summed E-state index contributed by atoms with van der Waals surface area (Å²) in [5, 5.41) is 45.1. The number of aliphatic hydroxyl groups excluding tert-OH is 2. The lowest BCUT2D eigenvalue weighted by Crippen LogP contribution is -2.36. The fourth-order valence-corrected chi connectivity index (χ4v) is 7.95. The molecule has 4 fully saturated rings. The molecule has 4 aromatic rings. The van der Waals surface area contributed by atoms with E-state index in [9.17, 15) is 39.6 Å². The van der Waals surface area contributed by atoms with Crippen molar-refractivity contribution in [3.05, 3.63) is 67.7 Å². The Bertz CT molecular complexity index is 2200. The Balaban J connectivity index is 0.000000189. The number of methoxy groups -OCH3 is 2. The number of halogens is 2. The second-order valence-corrected chi connectivity index (χ2v) is 14.6. The Morgan fingerprint density at radius 2 is 1.04 bits per heavy atom. The van der Waals surface area contributed by atoms with Gasteiger partial charge in [0.1, 0.15) is 22.5 Å². The molecule has 2 aliphatic heterocycles. The van der Waals surface area contributed by atoms with E-state index in [1.807, 2.05) is 0 Å². The van der Waals surface area contributed by atoms with Gasteiger partial charge in [-0.05, 0) is 51.9 Å². The van der Waals surface area contributed by atoms with Gasteiger partial charge in [-0.1, -0.05) is 0 Å². The van der Waals surface area contributed by atoms with Crippen molar-refractivity contribution in [2.45, 2.75) is 62.1 Å². The third kappa shape index (κ3) is 7.25. The summed E-state index contributed by atoms with van der Waals surface area (Å²) in [6.07, 6.45) is 4.67. The van der Waals surface area contributed by atoms with Crippen LogP contribution >= 0.6 is 0 Å². The number of carbonyl (C=O) groups is 2. The van der Waals surface area contributed by atoms with Crippen LogP contribution in [0.5, 0.6) is 11.5 Å². The van der Waals surface area contributed by atoms with Gasteiger partial charge in [0.15, 0.2) is 23.1 Å². The number of nitrogens with one attached hydrogen (secondary N) is 2. The largest absolute Gasteiger partial charge is 0.492 e. The fraction of sp³-hybridized carbons (Fsp3) is 0.474. The van der Waals surface area contributed by atoms with Crippen LogP contribution in [-0.4, -0.2) is 126 Å². The Hall–Kier alpha value is -5.34. The molecular weight excluding hydrogens is 754 g/mol. The predicted octanol–water partition coefficient (Wildman–Crippen LogP) is 1.08. The van der Waals surface area contributed by atoms with Crippen LogP contribution in [0.15, 0.2) is 34.1 Å². The lowest BCUT2D eigenvalue weighted by molar-refractivity contribution is 0.0684. The number of β-amino-alcohol motifs (C(OH)–C–C–N with tert-alkyl or cyclic N) is 2. The molecule has 2 saturated heterocycles. The number of carboxylic acids is 2. The van der Waals surface area contributed by atoms with E-state index in [2.05, 4.69) is 10.6 Å². The molecule has 2 aromatic carbocycles. The first-order valence-electron chi connectivity index (χ1n) is 18.3. The van der Waals surface area contributed by atoms with E-state index in [4.69, 9.17) is 9.47 Å². The van der Waals surface area contributed by atoms with Gasteiger partial charge in [0.05, 0.1) is 60.3 Å². The maximum atomic E-state index is 15.1. The van der Waals surface area contributed by atoms with Gasteiger partial charge in [-0.2, -0.15) is 0 Å². The van der Waals surface area contributed by atoms with Gasteiger partial charge >= 0.3 is 11.9 Å². The van der Waals surface area contributed by atoms with Crippen molar-refractivity contribution in [3.63, 3.8) is 0 Å². The van der Waals surface area contributed by atoms with E-state index in [0.29, 0.717) is 24.1 Å². The minimum Gasteiger partial charge on any atom is -0.492 e. The third-order valence-corrected chi connectivity index (χ3v) is 11.1. The maximum Gasteiger partial charge on any atom is 0.341 e. The molecule has 2 aliphatic carbocycles. The van der Waals surface area contributed by atoms with Crippen LogP contribution in [0.25, 0.3) is 21.8 Å². The number of nitrogens with zero attached hydrogens (tertiary/aromatic N) is 4. The van der Waals surface area contributed by atoms with Crippen molar-refractivity contribution in [2.24, 2.45) is 0 Å². The molecule has 0 amide bonds. The minimum absolute atomic E-state index is 0. The Labute approximate surface area is 323 Å². The van der Waals surface area contributed by atoms with Crippen LogP contribution < -0.4 is 40.8 Å². The summed E-state index contributed by atoms with van der Waals surface area (Å²) in [6.45, 7) is 1.17. The number of hydrogen-bond acceptors (Lipinski definition) is 12. The monoisotopic (exact) mass is 800 g/mol. The van der Waals surface area contributed by atoms with Gasteiger partial charge in [-0.15, -0.1) is 0 Å². The number of benzene rings is 2. The zero-order chi connectivity index (χ0) is 40.3. The first kappa shape index (κ1) is 41.3. The van der Waals surface area contributed by atoms with E-state index < -0.39 is 46.6 Å². The first-order valence-corrected chi connectivity index (χ1v) is 18.3. The second kappa shape index (κ2) is 15.9. The summed E-state index contributed by atoms with van der Waals surface area (Å²) < 4.78 is 44.7. The van der Waals surface area contributed by atoms with Gasteiger partial charge in [-0.3, -0.25) is 9.59 Å². The molecule has 57 heavy (non-hydrogen) atoms. The Morgan fingerprint density at radius 1 is 0.684 bits per heavy atom. The lowest BCUT2D eigenvalue weighted by atomic mass is 10.1. The van der Waals surface area contributed by atoms with Crippen molar-refractivity contribution >= 4 is 45.1 Å². The smallest absolute Gasteiger partial charge is 0.341 e. The molecule has 0 radical (unpaired) electrons. The molecular formula is C38H46F2N6O11. The average molecular weight is 801 g/mol. The van der Waals surface area contributed by atoms with Gasteiger partial charge in [0.2, 0.25) is 10.9 Å². The number of rotatable bonds is 10. The average Bonchev–Trinajstić information content (AvgIpc) is 4.11. The predicted molar refractivity (Wildman–Crippen MR) is 206 cm³/mol. The van der Waals surface area contributed by atoms with Crippen LogP contribution in [0.4, 0.5) is 20.2 Å². The fourth-order valence-electron chi connectivity index (χ4n) is 7.95. The van der Waals surface area contributed by atoms with E-state index in [1.165, 1.54) is 26.6 Å². The van der Waals surface area contributed by atoms with Crippen molar-refractivity contribution < 1.29 is 53.7 Å². The summed E-state index contributed by atoms with van der Waals surface area (Å²) in [7, 11) is 6.24. The zero-order valence-corrected chi connectivity index (χ0v) is 31.7. The molecule has 8 rings (SSSR count).